The number of benzene rings is 1. The highest BCUT2D eigenvalue weighted by atomic mass is 32.2. The van der Waals surface area contributed by atoms with E-state index < -0.39 is 107 Å². The van der Waals surface area contributed by atoms with Gasteiger partial charge >= 0.3 is 17.9 Å². The lowest BCUT2D eigenvalue weighted by molar-refractivity contribution is -0.145. The van der Waals surface area contributed by atoms with Gasteiger partial charge in [0.15, 0.2) is 21.4 Å². The lowest BCUT2D eigenvalue weighted by Crippen LogP contribution is -2.42. The number of Topliss-reactive ketones (excluding diaryl/α,β-unsaturated/α-hetero) is 3. The second-order valence-electron chi connectivity index (χ2n) is 17.6. The fourth-order valence-electron chi connectivity index (χ4n) is 6.97. The van der Waals surface area contributed by atoms with Crippen LogP contribution in [-0.4, -0.2) is 193 Å². The number of H-pyrrole nitrogens is 1. The zero-order valence-corrected chi connectivity index (χ0v) is 43.6. The molecule has 27 nitrogen and oxygen atoms in total. The molecular formula is C48H72N8O19S. The van der Waals surface area contributed by atoms with Crippen molar-refractivity contribution in [1.82, 2.24) is 41.9 Å². The number of carbonyl (C=O) groups is 10. The Morgan fingerprint density at radius 2 is 1.24 bits per heavy atom. The van der Waals surface area contributed by atoms with Crippen LogP contribution in [-0.2, 0) is 78.4 Å². The molecule has 2 aromatic rings. The minimum atomic E-state index is -3.68. The minimum Gasteiger partial charge on any atom is -0.481 e. The summed E-state index contributed by atoms with van der Waals surface area (Å²) in [6.45, 7) is 1.80. The summed E-state index contributed by atoms with van der Waals surface area (Å²) in [6, 6.07) is 4.51. The number of unbranched alkanes of at least 4 members (excludes halogenated alkanes) is 1. The van der Waals surface area contributed by atoms with Crippen LogP contribution >= 0.6 is 0 Å². The molecule has 8 N–H and O–H groups in total. The molecule has 4 amide bonds. The van der Waals surface area contributed by atoms with Crippen molar-refractivity contribution >= 4 is 68.7 Å². The Hall–Kier alpha value is -6.62. The second-order valence-corrected chi connectivity index (χ2v) is 19.8. The number of nitrogens with zero attached hydrogens (tertiary/aromatic N) is 3. The predicted octanol–water partition coefficient (Wildman–Crippen LogP) is 0.0863. The molecule has 3 atom stereocenters. The van der Waals surface area contributed by atoms with Crippen LogP contribution in [0.15, 0.2) is 24.3 Å². The maximum Gasteiger partial charge on any atom is 0.326 e. The summed E-state index contributed by atoms with van der Waals surface area (Å²) >= 11 is 0. The number of ether oxygens (including phenoxy) is 4. The number of hydrogen-bond donors (Lipinski definition) is 8. The highest BCUT2D eigenvalue weighted by molar-refractivity contribution is 7.92. The molecule has 0 aliphatic heterocycles. The van der Waals surface area contributed by atoms with E-state index in [1.807, 2.05) is 19.1 Å². The van der Waals surface area contributed by atoms with Crippen LogP contribution in [0.25, 0.3) is 0 Å². The Morgan fingerprint density at radius 1 is 0.592 bits per heavy atom. The van der Waals surface area contributed by atoms with Gasteiger partial charge in [0.1, 0.15) is 42.6 Å². The second kappa shape index (κ2) is 38.0. The van der Waals surface area contributed by atoms with Crippen molar-refractivity contribution in [1.29, 1.82) is 0 Å². The first-order chi connectivity index (χ1) is 36.2. The highest BCUT2D eigenvalue weighted by Gasteiger charge is 2.26. The maximum atomic E-state index is 12.6. The first kappa shape index (κ1) is 65.5. The minimum absolute atomic E-state index is 0.00581. The van der Waals surface area contributed by atoms with E-state index in [1.54, 1.807) is 12.1 Å². The Kier molecular flexibility index (Phi) is 32.8. The number of ketones is 3. The predicted molar refractivity (Wildman–Crippen MR) is 266 cm³/mol. The van der Waals surface area contributed by atoms with E-state index in [9.17, 15) is 71.7 Å². The van der Waals surface area contributed by atoms with Gasteiger partial charge in [-0.15, -0.1) is 10.2 Å². The van der Waals surface area contributed by atoms with Crippen LogP contribution in [0, 0.1) is 12.8 Å². The summed E-state index contributed by atoms with van der Waals surface area (Å²) in [7, 11) is -3.68. The average molecular weight is 1100 g/mol. The van der Waals surface area contributed by atoms with Gasteiger partial charge in [0.05, 0.1) is 44.7 Å². The summed E-state index contributed by atoms with van der Waals surface area (Å²) < 4.78 is 45.7. The van der Waals surface area contributed by atoms with E-state index in [-0.39, 0.29) is 121 Å². The Morgan fingerprint density at radius 3 is 1.91 bits per heavy atom. The number of carboxylic acids is 3. The third-order valence-corrected chi connectivity index (χ3v) is 12.8. The van der Waals surface area contributed by atoms with Crippen LogP contribution in [0.4, 0.5) is 0 Å². The van der Waals surface area contributed by atoms with Crippen molar-refractivity contribution in [3.05, 3.63) is 41.2 Å². The Labute approximate surface area is 440 Å². The molecule has 1 heterocycles. The first-order valence-electron chi connectivity index (χ1n) is 24.9. The number of amides is 4. The van der Waals surface area contributed by atoms with Crippen LogP contribution in [0.2, 0.25) is 0 Å². The van der Waals surface area contributed by atoms with Gasteiger partial charge in [0.25, 0.3) is 5.91 Å². The van der Waals surface area contributed by atoms with Gasteiger partial charge in [-0.05, 0) is 70.4 Å². The normalized spacial score (nSPS) is 12.4. The average Bonchev–Trinajstić information content (AvgIpc) is 3.88. The maximum absolute atomic E-state index is 12.6. The number of hydrogen-bond acceptors (Lipinski definition) is 19. The summed E-state index contributed by atoms with van der Waals surface area (Å²) in [6.07, 6.45) is 0.605. The molecule has 0 saturated heterocycles. The number of tetrazole rings is 1. The molecule has 0 radical (unpaired) electrons. The molecule has 0 fully saturated rings. The fourth-order valence-corrected chi connectivity index (χ4v) is 8.33. The Balaban J connectivity index is 1.49. The number of sulfone groups is 1. The Bertz CT molecular complexity index is 2270. The number of aromatic nitrogens is 4. The van der Waals surface area contributed by atoms with E-state index in [2.05, 4.69) is 41.9 Å². The van der Waals surface area contributed by atoms with Crippen molar-refractivity contribution in [2.75, 3.05) is 77.5 Å². The van der Waals surface area contributed by atoms with Crippen LogP contribution in [0.5, 0.6) is 0 Å². The number of rotatable bonds is 46. The van der Waals surface area contributed by atoms with Gasteiger partial charge in [-0.3, -0.25) is 38.4 Å². The van der Waals surface area contributed by atoms with Gasteiger partial charge in [-0.25, -0.2) is 18.0 Å². The quantitative estimate of drug-likeness (QED) is 0.0407. The fraction of sp³-hybridized carbons (Fsp3) is 0.646. The standard InChI is InChI=1S/C48H72N8O19S/c1-33-12-14-34(15-13-33)45(63)50-20-3-2-9-39(47(66)67)52-44(62)31-75-27-24-72-22-5-8-36(57)17-18-40(48(68)69)51-43(61)19-16-35(46(64)65)29-38(59)30-74-26-25-73-23-21-49-42(60)11-6-28-76(70,71)32-37(58)7-4-10-41-53-55-56-54-41/h12-15,35,39-40H,2-11,16-32H2,1H3,(H,49,60)(H,50,63)(H,51,61)(H,52,62)(H,64,65)(H,66,67)(H,68,69)(H,53,54,55,56). The molecule has 424 valence electrons. The molecule has 0 aliphatic rings. The van der Waals surface area contributed by atoms with Crippen molar-refractivity contribution < 1.29 is 90.6 Å². The molecule has 2 rings (SSSR count). The van der Waals surface area contributed by atoms with Crippen LogP contribution < -0.4 is 21.3 Å². The van der Waals surface area contributed by atoms with Gasteiger partial charge in [0.2, 0.25) is 17.7 Å². The highest BCUT2D eigenvalue weighted by Crippen LogP contribution is 2.14. The molecule has 0 aliphatic carbocycles. The smallest absolute Gasteiger partial charge is 0.326 e. The summed E-state index contributed by atoms with van der Waals surface area (Å²) in [5, 5.41) is 52.0. The molecule has 0 bridgehead atoms. The van der Waals surface area contributed by atoms with Crippen molar-refractivity contribution in [3.8, 4) is 0 Å². The number of nitrogens with one attached hydrogen (secondary N) is 5. The molecule has 28 heteroatoms. The molecule has 76 heavy (non-hydrogen) atoms. The molecule has 1 aromatic heterocycles. The summed E-state index contributed by atoms with van der Waals surface area (Å²) in [5.74, 6) is -9.10. The number of carboxylic acid groups (broad SMARTS) is 3. The van der Waals surface area contributed by atoms with Crippen molar-refractivity contribution in [2.45, 2.75) is 115 Å². The topological polar surface area (TPSA) is 405 Å². The summed E-state index contributed by atoms with van der Waals surface area (Å²) in [4.78, 5) is 121. The zero-order chi connectivity index (χ0) is 56.1. The molecular weight excluding hydrogens is 1020 g/mol. The lowest BCUT2D eigenvalue weighted by atomic mass is 9.97. The number of aromatic amines is 1. The van der Waals surface area contributed by atoms with E-state index in [0.717, 1.165) is 5.56 Å². The molecule has 1 aromatic carbocycles. The molecule has 3 unspecified atom stereocenters. The largest absolute Gasteiger partial charge is 0.481 e. The monoisotopic (exact) mass is 1100 g/mol. The molecule has 0 spiro atoms. The van der Waals surface area contributed by atoms with Gasteiger partial charge in [0, 0.05) is 70.2 Å². The third kappa shape index (κ3) is 32.0. The van der Waals surface area contributed by atoms with Gasteiger partial charge in [-0.1, -0.05) is 22.9 Å². The van der Waals surface area contributed by atoms with E-state index in [4.69, 9.17) is 18.9 Å². The first-order valence-corrected chi connectivity index (χ1v) is 26.7. The number of carbonyl (C=O) groups excluding carboxylic acids is 7. The van der Waals surface area contributed by atoms with E-state index in [1.165, 1.54) is 0 Å². The number of aryl methyl sites for hydroxylation is 2. The van der Waals surface area contributed by atoms with Crippen molar-refractivity contribution in [2.24, 2.45) is 5.92 Å². The van der Waals surface area contributed by atoms with E-state index in [0.29, 0.717) is 43.6 Å². The zero-order valence-electron chi connectivity index (χ0n) is 42.8. The third-order valence-electron chi connectivity index (χ3n) is 11.1. The summed E-state index contributed by atoms with van der Waals surface area (Å²) in [5.41, 5.74) is 1.55. The number of aliphatic carboxylic acids is 3. The molecule has 0 saturated carbocycles. The van der Waals surface area contributed by atoms with Crippen LogP contribution in [0.3, 0.4) is 0 Å². The lowest BCUT2D eigenvalue weighted by Gasteiger charge is -2.16. The van der Waals surface area contributed by atoms with E-state index >= 15 is 0 Å². The van der Waals surface area contributed by atoms with Crippen molar-refractivity contribution in [3.63, 3.8) is 0 Å². The van der Waals surface area contributed by atoms with Gasteiger partial charge < -0.3 is 55.5 Å². The SMILES string of the molecule is Cc1ccc(C(=O)NCCCCC(NC(=O)COCCOCCCC(=O)CCC(NC(=O)CCC(CC(=O)COCCOCCNC(=O)CCCS(=O)(=O)CC(=O)CCCc2nn[nH]n2)C(=O)O)C(=O)O)C(=O)O)cc1. The van der Waals surface area contributed by atoms with Crippen LogP contribution in [0.1, 0.15) is 112 Å². The van der Waals surface area contributed by atoms with Gasteiger partial charge in [-0.2, -0.15) is 5.21 Å².